The lowest BCUT2D eigenvalue weighted by atomic mass is 9.81. The van der Waals surface area contributed by atoms with Gasteiger partial charge >= 0.3 is 0 Å². The molecule has 1 atom stereocenters. The largest absolute Gasteiger partial charge is 0.310 e. The van der Waals surface area contributed by atoms with Gasteiger partial charge in [-0.05, 0) is 43.9 Å². The fraction of sp³-hybridized carbons (Fsp3) is 0.625. The third-order valence-electron chi connectivity index (χ3n) is 4.03. The summed E-state index contributed by atoms with van der Waals surface area (Å²) in [6.45, 7) is 3.11. The molecular weight excluding hydrogens is 305 g/mol. The van der Waals surface area contributed by atoms with Crippen molar-refractivity contribution in [3.05, 3.63) is 34.1 Å². The minimum atomic E-state index is -0.0893. The lowest BCUT2D eigenvalue weighted by Crippen LogP contribution is -2.31. The first-order chi connectivity index (χ1) is 9.22. The summed E-state index contributed by atoms with van der Waals surface area (Å²) in [7, 11) is 0. The lowest BCUT2D eigenvalue weighted by Gasteiger charge is -2.31. The van der Waals surface area contributed by atoms with Gasteiger partial charge in [0.2, 0.25) is 0 Å². The summed E-state index contributed by atoms with van der Waals surface area (Å²) >= 11 is 3.33. The number of hydrogen-bond donors (Lipinski definition) is 1. The van der Waals surface area contributed by atoms with Crippen molar-refractivity contribution in [1.29, 1.82) is 0 Å². The summed E-state index contributed by atoms with van der Waals surface area (Å²) in [6, 6.07) is 5.63. The Kier molecular flexibility index (Phi) is 5.83. The van der Waals surface area contributed by atoms with Crippen molar-refractivity contribution in [2.45, 2.75) is 51.5 Å². The number of rotatable bonds is 5. The van der Waals surface area contributed by atoms with Crippen LogP contribution in [0.15, 0.2) is 22.7 Å². The summed E-state index contributed by atoms with van der Waals surface area (Å²) in [6.07, 6.45) is 7.43. The first kappa shape index (κ1) is 15.0. The predicted octanol–water partition coefficient (Wildman–Crippen LogP) is 5.21. The Bertz CT molecular complexity index is 402. The Balaban J connectivity index is 2.19. The van der Waals surface area contributed by atoms with E-state index in [-0.39, 0.29) is 11.9 Å². The zero-order valence-corrected chi connectivity index (χ0v) is 13.2. The van der Waals surface area contributed by atoms with Crippen LogP contribution < -0.4 is 5.32 Å². The Hall–Kier alpha value is -0.410. The van der Waals surface area contributed by atoms with E-state index in [1.54, 1.807) is 6.07 Å². The maximum atomic E-state index is 14.2. The van der Waals surface area contributed by atoms with Crippen molar-refractivity contribution in [2.24, 2.45) is 5.92 Å². The first-order valence-electron chi connectivity index (χ1n) is 7.40. The van der Waals surface area contributed by atoms with E-state index in [2.05, 4.69) is 28.2 Å². The highest BCUT2D eigenvalue weighted by atomic mass is 79.9. The van der Waals surface area contributed by atoms with E-state index in [4.69, 9.17) is 0 Å². The minimum Gasteiger partial charge on any atom is -0.310 e. The van der Waals surface area contributed by atoms with Gasteiger partial charge in [-0.1, -0.05) is 48.2 Å². The highest BCUT2D eigenvalue weighted by molar-refractivity contribution is 9.10. The van der Waals surface area contributed by atoms with Crippen LogP contribution in [0.4, 0.5) is 4.39 Å². The number of halogens is 2. The molecule has 0 spiro atoms. The maximum absolute atomic E-state index is 14.2. The smallest absolute Gasteiger partial charge is 0.129 e. The summed E-state index contributed by atoms with van der Waals surface area (Å²) in [4.78, 5) is 0. The van der Waals surface area contributed by atoms with Gasteiger partial charge in [-0.2, -0.15) is 0 Å². The van der Waals surface area contributed by atoms with Gasteiger partial charge in [-0.25, -0.2) is 4.39 Å². The Labute approximate surface area is 124 Å². The van der Waals surface area contributed by atoms with Crippen molar-refractivity contribution >= 4 is 15.9 Å². The van der Waals surface area contributed by atoms with Crippen LogP contribution in [0.2, 0.25) is 0 Å². The highest BCUT2D eigenvalue weighted by Crippen LogP contribution is 2.35. The summed E-state index contributed by atoms with van der Waals surface area (Å²) in [5.41, 5.74) is 0.837. The summed E-state index contributed by atoms with van der Waals surface area (Å²) in [5.74, 6) is 0.490. The normalized spacial score (nSPS) is 18.5. The third-order valence-corrected chi connectivity index (χ3v) is 4.53. The quantitative estimate of drug-likeness (QED) is 0.782. The second-order valence-electron chi connectivity index (χ2n) is 5.50. The second-order valence-corrected chi connectivity index (χ2v) is 6.41. The zero-order chi connectivity index (χ0) is 13.7. The van der Waals surface area contributed by atoms with E-state index in [0.717, 1.165) is 23.0 Å². The van der Waals surface area contributed by atoms with Gasteiger partial charge < -0.3 is 5.32 Å². The zero-order valence-electron chi connectivity index (χ0n) is 11.6. The molecule has 0 aromatic heterocycles. The highest BCUT2D eigenvalue weighted by Gasteiger charge is 2.26. The van der Waals surface area contributed by atoms with Crippen LogP contribution >= 0.6 is 15.9 Å². The molecule has 19 heavy (non-hydrogen) atoms. The number of benzene rings is 1. The monoisotopic (exact) mass is 327 g/mol. The topological polar surface area (TPSA) is 12.0 Å². The van der Waals surface area contributed by atoms with E-state index in [1.807, 2.05) is 12.1 Å². The average molecular weight is 328 g/mol. The molecule has 3 heteroatoms. The van der Waals surface area contributed by atoms with E-state index < -0.39 is 0 Å². The molecule has 1 nitrogen and oxygen atoms in total. The van der Waals surface area contributed by atoms with Gasteiger partial charge in [0, 0.05) is 16.1 Å². The molecule has 1 aromatic rings. The second kappa shape index (κ2) is 7.39. The molecular formula is C16H23BrFN. The van der Waals surface area contributed by atoms with Crippen LogP contribution in [0.5, 0.6) is 0 Å². The molecule has 1 N–H and O–H groups in total. The van der Waals surface area contributed by atoms with Crippen LogP contribution in [0.3, 0.4) is 0 Å². The molecule has 1 fully saturated rings. The van der Waals surface area contributed by atoms with Crippen LogP contribution in [0.25, 0.3) is 0 Å². The maximum Gasteiger partial charge on any atom is 0.129 e. The molecule has 106 valence electrons. The Morgan fingerprint density at radius 1 is 1.32 bits per heavy atom. The molecule has 1 unspecified atom stereocenters. The van der Waals surface area contributed by atoms with Gasteiger partial charge in [0.25, 0.3) is 0 Å². The molecule has 2 rings (SSSR count). The minimum absolute atomic E-state index is 0.0893. The third kappa shape index (κ3) is 4.03. The van der Waals surface area contributed by atoms with E-state index in [9.17, 15) is 4.39 Å². The summed E-state index contributed by atoms with van der Waals surface area (Å²) in [5, 5.41) is 3.56. The predicted molar refractivity (Wildman–Crippen MR) is 81.7 cm³/mol. The van der Waals surface area contributed by atoms with Crippen molar-refractivity contribution in [1.82, 2.24) is 5.32 Å². The van der Waals surface area contributed by atoms with E-state index >= 15 is 0 Å². The van der Waals surface area contributed by atoms with Crippen LogP contribution in [0.1, 0.15) is 57.1 Å². The molecule has 0 bridgehead atoms. The van der Waals surface area contributed by atoms with E-state index in [0.29, 0.717) is 5.92 Å². The van der Waals surface area contributed by atoms with Crippen molar-refractivity contribution in [3.63, 3.8) is 0 Å². The van der Waals surface area contributed by atoms with Crippen LogP contribution in [0, 0.1) is 11.7 Å². The molecule has 1 aromatic carbocycles. The standard InChI is InChI=1S/C16H23BrFN/c1-2-10-19-16(12-6-4-3-5-7-12)14-9-8-13(17)11-15(14)18/h8-9,11-12,16,19H,2-7,10H2,1H3. The Morgan fingerprint density at radius 3 is 2.68 bits per heavy atom. The molecule has 0 radical (unpaired) electrons. The van der Waals surface area contributed by atoms with Gasteiger partial charge in [-0.15, -0.1) is 0 Å². The molecule has 0 saturated heterocycles. The molecule has 0 aliphatic heterocycles. The van der Waals surface area contributed by atoms with Gasteiger partial charge in [0.05, 0.1) is 0 Å². The molecule has 1 saturated carbocycles. The lowest BCUT2D eigenvalue weighted by molar-refractivity contribution is 0.267. The fourth-order valence-electron chi connectivity index (χ4n) is 3.05. The van der Waals surface area contributed by atoms with Crippen molar-refractivity contribution < 1.29 is 4.39 Å². The van der Waals surface area contributed by atoms with E-state index in [1.165, 1.54) is 32.1 Å². The average Bonchev–Trinajstić information content (AvgIpc) is 2.42. The SMILES string of the molecule is CCCNC(c1ccc(Br)cc1F)C1CCCCC1. The number of hydrogen-bond acceptors (Lipinski definition) is 1. The molecule has 1 aliphatic rings. The van der Waals surface area contributed by atoms with Gasteiger partial charge in [0.15, 0.2) is 0 Å². The first-order valence-corrected chi connectivity index (χ1v) is 8.20. The fourth-order valence-corrected chi connectivity index (χ4v) is 3.38. The van der Waals surface area contributed by atoms with Crippen molar-refractivity contribution in [3.8, 4) is 0 Å². The molecule has 1 aliphatic carbocycles. The van der Waals surface area contributed by atoms with Gasteiger partial charge in [0.1, 0.15) is 5.82 Å². The van der Waals surface area contributed by atoms with Crippen LogP contribution in [-0.2, 0) is 0 Å². The summed E-state index contributed by atoms with van der Waals surface area (Å²) < 4.78 is 15.0. The van der Waals surface area contributed by atoms with Crippen LogP contribution in [-0.4, -0.2) is 6.54 Å². The van der Waals surface area contributed by atoms with Crippen molar-refractivity contribution in [2.75, 3.05) is 6.54 Å². The molecule has 0 amide bonds. The number of nitrogens with one attached hydrogen (secondary N) is 1. The molecule has 0 heterocycles. The Morgan fingerprint density at radius 2 is 2.05 bits per heavy atom. The van der Waals surface area contributed by atoms with Gasteiger partial charge in [-0.3, -0.25) is 0 Å².